The van der Waals surface area contributed by atoms with Crippen LogP contribution in [0.2, 0.25) is 0 Å². The third kappa shape index (κ3) is 3.57. The van der Waals surface area contributed by atoms with Crippen molar-refractivity contribution in [2.24, 2.45) is 0 Å². The van der Waals surface area contributed by atoms with E-state index in [1.165, 1.54) is 21.8 Å². The molecule has 1 aliphatic heterocycles. The van der Waals surface area contributed by atoms with Crippen LogP contribution < -0.4 is 5.32 Å². The van der Waals surface area contributed by atoms with Crippen LogP contribution >= 0.6 is 11.3 Å². The maximum absolute atomic E-state index is 12.8. The lowest BCUT2D eigenvalue weighted by molar-refractivity contribution is -0.137. The molecule has 0 aliphatic carbocycles. The Labute approximate surface area is 157 Å². The van der Waals surface area contributed by atoms with Crippen LogP contribution in [0, 0.1) is 0 Å². The predicted molar refractivity (Wildman–Crippen MR) is 104 cm³/mol. The normalized spacial score (nSPS) is 14.7. The molecular weight excluding hydrogens is 348 g/mol. The summed E-state index contributed by atoms with van der Waals surface area (Å²) in [7, 11) is 1.55. The van der Waals surface area contributed by atoms with Gasteiger partial charge in [-0.15, -0.1) is 11.3 Å². The van der Waals surface area contributed by atoms with Crippen molar-refractivity contribution in [2.45, 2.75) is 19.8 Å². The Morgan fingerprint density at radius 3 is 2.42 bits per heavy atom. The van der Waals surface area contributed by atoms with Crippen LogP contribution in [0.15, 0.2) is 47.5 Å². The molecular formula is C20H22N2O3S. The fourth-order valence-corrected chi connectivity index (χ4v) is 3.59. The van der Waals surface area contributed by atoms with E-state index in [-0.39, 0.29) is 18.4 Å². The van der Waals surface area contributed by atoms with E-state index < -0.39 is 0 Å². The average molecular weight is 370 g/mol. The fraction of sp³-hybridized carbons (Fsp3) is 0.300. The maximum atomic E-state index is 12.8. The summed E-state index contributed by atoms with van der Waals surface area (Å²) in [5, 5.41) is 5.06. The number of nitrogens with one attached hydrogen (secondary N) is 1. The zero-order valence-corrected chi connectivity index (χ0v) is 15.9. The fourth-order valence-electron chi connectivity index (χ4n) is 2.82. The third-order valence-corrected chi connectivity index (χ3v) is 5.19. The molecule has 0 saturated carbocycles. The number of imide groups is 1. The van der Waals surface area contributed by atoms with Gasteiger partial charge >= 0.3 is 0 Å². The lowest BCUT2D eigenvalue weighted by Gasteiger charge is -2.14. The molecule has 2 heterocycles. The molecule has 0 atom stereocenters. The molecule has 6 heteroatoms. The Kier molecular flexibility index (Phi) is 5.54. The first-order valence-corrected chi connectivity index (χ1v) is 9.41. The van der Waals surface area contributed by atoms with Gasteiger partial charge in [0.1, 0.15) is 5.70 Å². The summed E-state index contributed by atoms with van der Waals surface area (Å²) >= 11 is 1.44. The number of thiophene rings is 1. The summed E-state index contributed by atoms with van der Waals surface area (Å²) in [5.41, 5.74) is 2.76. The maximum Gasteiger partial charge on any atom is 0.278 e. The van der Waals surface area contributed by atoms with Gasteiger partial charge in [-0.2, -0.15) is 0 Å². The highest BCUT2D eigenvalue weighted by Gasteiger charge is 2.39. The number of hydrogen-bond donors (Lipinski definition) is 1. The minimum absolute atomic E-state index is 0.237. The molecule has 3 rings (SSSR count). The first-order valence-electron chi connectivity index (χ1n) is 8.53. The first-order chi connectivity index (χ1) is 12.5. The highest BCUT2D eigenvalue weighted by molar-refractivity contribution is 7.11. The topological polar surface area (TPSA) is 58.6 Å². The number of carbonyl (C=O) groups excluding carboxylic acids is 2. The number of amides is 2. The van der Waals surface area contributed by atoms with Gasteiger partial charge in [-0.3, -0.25) is 14.5 Å². The first kappa shape index (κ1) is 18.4. The van der Waals surface area contributed by atoms with Gasteiger partial charge in [0.05, 0.1) is 18.7 Å². The van der Waals surface area contributed by atoms with Gasteiger partial charge in [-0.25, -0.2) is 0 Å². The number of methoxy groups -OCH3 is 1. The lowest BCUT2D eigenvalue weighted by atomic mass is 10.0. The van der Waals surface area contributed by atoms with Crippen molar-refractivity contribution in [1.29, 1.82) is 0 Å². The number of benzene rings is 1. The molecule has 1 N–H and O–H groups in total. The van der Waals surface area contributed by atoms with E-state index in [0.717, 1.165) is 10.6 Å². The van der Waals surface area contributed by atoms with E-state index >= 15 is 0 Å². The Bertz CT molecular complexity index is 823. The Balaban J connectivity index is 1.94. The summed E-state index contributed by atoms with van der Waals surface area (Å²) in [6.45, 7) is 4.81. The summed E-state index contributed by atoms with van der Waals surface area (Å²) in [6.07, 6.45) is 0. The molecule has 5 nitrogen and oxygen atoms in total. The second-order valence-electron chi connectivity index (χ2n) is 6.38. The summed E-state index contributed by atoms with van der Waals surface area (Å²) in [4.78, 5) is 27.7. The largest absolute Gasteiger partial charge is 0.383 e. The highest BCUT2D eigenvalue weighted by atomic mass is 32.1. The van der Waals surface area contributed by atoms with Crippen LogP contribution in [0.25, 0.3) is 5.57 Å². The SMILES string of the molecule is COCCN1C(=O)C(Nc2ccc(C(C)C)cc2)=C(c2cccs2)C1=O. The van der Waals surface area contributed by atoms with Gasteiger partial charge < -0.3 is 10.1 Å². The Hall–Kier alpha value is -2.44. The van der Waals surface area contributed by atoms with E-state index in [1.54, 1.807) is 7.11 Å². The van der Waals surface area contributed by atoms with Crippen molar-refractivity contribution in [3.63, 3.8) is 0 Å². The van der Waals surface area contributed by atoms with Crippen molar-refractivity contribution in [1.82, 2.24) is 4.90 Å². The van der Waals surface area contributed by atoms with Crippen molar-refractivity contribution in [2.75, 3.05) is 25.6 Å². The van der Waals surface area contributed by atoms with E-state index in [9.17, 15) is 9.59 Å². The number of anilines is 1. The van der Waals surface area contributed by atoms with Gasteiger partial charge in [0.2, 0.25) is 0 Å². The predicted octanol–water partition coefficient (Wildman–Crippen LogP) is 3.71. The van der Waals surface area contributed by atoms with Crippen LogP contribution in [0.4, 0.5) is 5.69 Å². The monoisotopic (exact) mass is 370 g/mol. The third-order valence-electron chi connectivity index (χ3n) is 4.30. The van der Waals surface area contributed by atoms with Gasteiger partial charge in [-0.1, -0.05) is 32.0 Å². The summed E-state index contributed by atoms with van der Waals surface area (Å²) in [5.74, 6) is -0.164. The second-order valence-corrected chi connectivity index (χ2v) is 7.33. The summed E-state index contributed by atoms with van der Waals surface area (Å²) < 4.78 is 5.03. The highest BCUT2D eigenvalue weighted by Crippen LogP contribution is 2.32. The molecule has 0 bridgehead atoms. The van der Waals surface area contributed by atoms with Gasteiger partial charge in [-0.05, 0) is 35.1 Å². The molecule has 26 heavy (non-hydrogen) atoms. The van der Waals surface area contributed by atoms with Crippen LogP contribution in [0.5, 0.6) is 0 Å². The number of carbonyl (C=O) groups is 2. The zero-order chi connectivity index (χ0) is 18.7. The summed E-state index contributed by atoms with van der Waals surface area (Å²) in [6, 6.07) is 11.7. The molecule has 0 spiro atoms. The number of rotatable bonds is 7. The number of hydrogen-bond acceptors (Lipinski definition) is 5. The van der Waals surface area contributed by atoms with Gasteiger partial charge in [0, 0.05) is 17.7 Å². The number of nitrogens with zero attached hydrogens (tertiary/aromatic N) is 1. The molecule has 1 aromatic heterocycles. The van der Waals surface area contributed by atoms with Crippen molar-refractivity contribution < 1.29 is 14.3 Å². The molecule has 136 valence electrons. The standard InChI is InChI=1S/C20H22N2O3S/c1-13(2)14-6-8-15(9-7-14)21-18-17(16-5-4-12-26-16)19(23)22(20(18)24)10-11-25-3/h4-9,12-13,21H,10-11H2,1-3H3. The van der Waals surface area contributed by atoms with Gasteiger partial charge in [0.15, 0.2) is 0 Å². The smallest absolute Gasteiger partial charge is 0.278 e. The molecule has 2 aromatic rings. The van der Waals surface area contributed by atoms with E-state index in [0.29, 0.717) is 23.8 Å². The van der Waals surface area contributed by atoms with Gasteiger partial charge in [0.25, 0.3) is 11.8 Å². The molecule has 0 fully saturated rings. The zero-order valence-electron chi connectivity index (χ0n) is 15.1. The van der Waals surface area contributed by atoms with Crippen LogP contribution in [0.3, 0.4) is 0 Å². The quantitative estimate of drug-likeness (QED) is 0.755. The average Bonchev–Trinajstić information content (AvgIpc) is 3.22. The molecule has 2 amide bonds. The molecule has 1 aromatic carbocycles. The van der Waals surface area contributed by atoms with Crippen molar-refractivity contribution in [3.05, 3.63) is 57.9 Å². The van der Waals surface area contributed by atoms with Crippen molar-refractivity contribution in [3.8, 4) is 0 Å². The van der Waals surface area contributed by atoms with Crippen LogP contribution in [-0.2, 0) is 14.3 Å². The van der Waals surface area contributed by atoms with Crippen LogP contribution in [0.1, 0.15) is 30.2 Å². The molecule has 0 saturated heterocycles. The van der Waals surface area contributed by atoms with E-state index in [1.807, 2.05) is 41.8 Å². The lowest BCUT2D eigenvalue weighted by Crippen LogP contribution is -2.35. The van der Waals surface area contributed by atoms with E-state index in [4.69, 9.17) is 4.74 Å². The van der Waals surface area contributed by atoms with E-state index in [2.05, 4.69) is 19.2 Å². The van der Waals surface area contributed by atoms with Crippen LogP contribution in [-0.4, -0.2) is 37.0 Å². The molecule has 0 radical (unpaired) electrons. The second kappa shape index (κ2) is 7.85. The van der Waals surface area contributed by atoms with Crippen molar-refractivity contribution >= 4 is 34.4 Å². The molecule has 1 aliphatic rings. The minimum Gasteiger partial charge on any atom is -0.383 e. The Morgan fingerprint density at radius 1 is 1.12 bits per heavy atom. The minimum atomic E-state index is -0.316. The Morgan fingerprint density at radius 2 is 1.85 bits per heavy atom. The number of ether oxygens (including phenoxy) is 1. The molecule has 0 unspecified atom stereocenters.